The van der Waals surface area contributed by atoms with Crippen LogP contribution >= 0.6 is 22.6 Å². The number of para-hydroxylation sites is 1. The zero-order chi connectivity index (χ0) is 14.7. The summed E-state index contributed by atoms with van der Waals surface area (Å²) in [5.74, 6) is 5.76. The minimum Gasteiger partial charge on any atom is -0.271 e. The molecule has 0 bridgehead atoms. The lowest BCUT2D eigenvalue weighted by molar-refractivity contribution is 0.595. The van der Waals surface area contributed by atoms with Gasteiger partial charge in [-0.2, -0.15) is 0 Å². The summed E-state index contributed by atoms with van der Waals surface area (Å²) in [4.78, 5) is 0. The molecule has 0 saturated heterocycles. The van der Waals surface area contributed by atoms with Gasteiger partial charge in [-0.05, 0) is 52.4 Å². The number of hydrazine groups is 1. The molecule has 3 N–H and O–H groups in total. The first-order chi connectivity index (χ1) is 10.3. The fourth-order valence-electron chi connectivity index (χ4n) is 2.22. The van der Waals surface area contributed by atoms with Crippen molar-refractivity contribution < 1.29 is 0 Å². The summed E-state index contributed by atoms with van der Waals surface area (Å²) < 4.78 is 2.98. The number of rotatable bonds is 4. The highest BCUT2D eigenvalue weighted by atomic mass is 127. The van der Waals surface area contributed by atoms with E-state index in [2.05, 4.69) is 62.6 Å². The molecular weight excluding hydrogens is 377 g/mol. The van der Waals surface area contributed by atoms with Crippen LogP contribution in [0.5, 0.6) is 0 Å². The second-order valence-electron chi connectivity index (χ2n) is 4.56. The number of benzene rings is 2. The van der Waals surface area contributed by atoms with Gasteiger partial charge in [0.25, 0.3) is 0 Å². The third kappa shape index (κ3) is 2.97. The van der Waals surface area contributed by atoms with Crippen molar-refractivity contribution in [3.63, 3.8) is 0 Å². The van der Waals surface area contributed by atoms with Crippen molar-refractivity contribution in [3.05, 3.63) is 75.6 Å². The van der Waals surface area contributed by atoms with Gasteiger partial charge in [0.15, 0.2) is 0 Å². The van der Waals surface area contributed by atoms with Crippen LogP contribution in [0.2, 0.25) is 0 Å². The van der Waals surface area contributed by atoms with E-state index >= 15 is 0 Å². The lowest BCUT2D eigenvalue weighted by Gasteiger charge is -2.17. The Morgan fingerprint density at radius 2 is 1.76 bits per heavy atom. The Morgan fingerprint density at radius 3 is 2.43 bits per heavy atom. The highest BCUT2D eigenvalue weighted by Gasteiger charge is 2.18. The molecule has 0 radical (unpaired) electrons. The third-order valence-electron chi connectivity index (χ3n) is 3.24. The van der Waals surface area contributed by atoms with Gasteiger partial charge in [0.05, 0.1) is 23.6 Å². The van der Waals surface area contributed by atoms with Gasteiger partial charge in [-0.3, -0.25) is 5.84 Å². The number of halogens is 1. The molecule has 1 heterocycles. The van der Waals surface area contributed by atoms with E-state index in [0.29, 0.717) is 0 Å². The van der Waals surface area contributed by atoms with Crippen LogP contribution in [-0.4, -0.2) is 15.0 Å². The van der Waals surface area contributed by atoms with Gasteiger partial charge in [-0.1, -0.05) is 35.5 Å². The van der Waals surface area contributed by atoms with Crippen molar-refractivity contribution in [2.45, 2.75) is 6.04 Å². The summed E-state index contributed by atoms with van der Waals surface area (Å²) in [6.45, 7) is 0. The number of hydrogen-bond acceptors (Lipinski definition) is 4. The molecule has 1 atom stereocenters. The molecule has 1 unspecified atom stereocenters. The fraction of sp³-hybridized carbons (Fsp3) is 0.0667. The van der Waals surface area contributed by atoms with Crippen LogP contribution < -0.4 is 11.3 Å². The second-order valence-corrected chi connectivity index (χ2v) is 5.80. The Kier molecular flexibility index (Phi) is 4.28. The minimum absolute atomic E-state index is 0.169. The molecule has 0 aliphatic heterocycles. The summed E-state index contributed by atoms with van der Waals surface area (Å²) in [5.41, 5.74) is 5.76. The molecule has 106 valence electrons. The number of nitrogens with one attached hydrogen (secondary N) is 1. The molecule has 1 aromatic heterocycles. The molecule has 3 aromatic rings. The van der Waals surface area contributed by atoms with Gasteiger partial charge < -0.3 is 0 Å². The largest absolute Gasteiger partial charge is 0.271 e. The zero-order valence-corrected chi connectivity index (χ0v) is 13.3. The smallest absolute Gasteiger partial charge is 0.0899 e. The van der Waals surface area contributed by atoms with Crippen LogP contribution in [0.1, 0.15) is 17.3 Å². The van der Waals surface area contributed by atoms with Crippen molar-refractivity contribution in [2.24, 2.45) is 5.84 Å². The first-order valence-electron chi connectivity index (χ1n) is 6.47. The number of hydrogen-bond donors (Lipinski definition) is 2. The SMILES string of the molecule is NNC(c1ccc(I)cc1)c1cnnn1-c1ccccc1. The van der Waals surface area contributed by atoms with Crippen LogP contribution in [-0.2, 0) is 0 Å². The Hall–Kier alpha value is -1.77. The molecule has 21 heavy (non-hydrogen) atoms. The first kappa shape index (κ1) is 14.2. The highest BCUT2D eigenvalue weighted by molar-refractivity contribution is 14.1. The van der Waals surface area contributed by atoms with E-state index in [0.717, 1.165) is 16.9 Å². The van der Waals surface area contributed by atoms with E-state index < -0.39 is 0 Å². The van der Waals surface area contributed by atoms with E-state index in [1.165, 1.54) is 3.57 Å². The molecule has 0 saturated carbocycles. The monoisotopic (exact) mass is 391 g/mol. The molecule has 5 nitrogen and oxygen atoms in total. The quantitative estimate of drug-likeness (QED) is 0.407. The maximum atomic E-state index is 5.76. The Bertz CT molecular complexity index is 708. The Morgan fingerprint density at radius 1 is 1.05 bits per heavy atom. The maximum Gasteiger partial charge on any atom is 0.0899 e. The van der Waals surface area contributed by atoms with Gasteiger partial charge in [-0.25, -0.2) is 10.1 Å². The normalized spacial score (nSPS) is 12.3. The summed E-state index contributed by atoms with van der Waals surface area (Å²) >= 11 is 2.28. The molecule has 3 rings (SSSR count). The van der Waals surface area contributed by atoms with E-state index in [1.807, 2.05) is 30.3 Å². The zero-order valence-electron chi connectivity index (χ0n) is 11.1. The molecule has 0 spiro atoms. The predicted molar refractivity (Wildman–Crippen MR) is 89.7 cm³/mol. The van der Waals surface area contributed by atoms with Crippen molar-refractivity contribution in [2.75, 3.05) is 0 Å². The molecular formula is C15H14IN5. The Balaban J connectivity index is 2.03. The molecule has 0 aliphatic rings. The summed E-state index contributed by atoms with van der Waals surface area (Å²) in [7, 11) is 0. The lowest BCUT2D eigenvalue weighted by atomic mass is 10.0. The van der Waals surface area contributed by atoms with E-state index in [9.17, 15) is 0 Å². The minimum atomic E-state index is -0.169. The first-order valence-corrected chi connectivity index (χ1v) is 7.55. The topological polar surface area (TPSA) is 68.8 Å². The van der Waals surface area contributed by atoms with Crippen LogP contribution in [0.4, 0.5) is 0 Å². The molecule has 2 aromatic carbocycles. The number of aromatic nitrogens is 3. The average molecular weight is 391 g/mol. The lowest BCUT2D eigenvalue weighted by Crippen LogP contribution is -2.30. The van der Waals surface area contributed by atoms with Crippen molar-refractivity contribution in [1.82, 2.24) is 20.4 Å². The molecule has 0 fully saturated rings. The van der Waals surface area contributed by atoms with E-state index in [4.69, 9.17) is 5.84 Å². The number of nitrogens with zero attached hydrogens (tertiary/aromatic N) is 3. The van der Waals surface area contributed by atoms with Crippen LogP contribution in [0.25, 0.3) is 5.69 Å². The predicted octanol–water partition coefficient (Wildman–Crippen LogP) is 2.42. The van der Waals surface area contributed by atoms with Gasteiger partial charge in [0.1, 0.15) is 0 Å². The average Bonchev–Trinajstić information content (AvgIpc) is 3.00. The van der Waals surface area contributed by atoms with Gasteiger partial charge in [-0.15, -0.1) is 5.10 Å². The summed E-state index contributed by atoms with van der Waals surface area (Å²) in [6.07, 6.45) is 1.73. The second kappa shape index (κ2) is 6.33. The standard InChI is InChI=1S/C15H14IN5/c16-12-8-6-11(7-9-12)15(19-17)14-10-18-20-21(14)13-4-2-1-3-5-13/h1-10,15,19H,17H2. The molecule has 6 heteroatoms. The summed E-state index contributed by atoms with van der Waals surface area (Å²) in [6, 6.07) is 17.9. The third-order valence-corrected chi connectivity index (χ3v) is 3.96. The molecule has 0 aliphatic carbocycles. The van der Waals surface area contributed by atoms with Gasteiger partial charge in [0.2, 0.25) is 0 Å². The summed E-state index contributed by atoms with van der Waals surface area (Å²) in [5, 5.41) is 8.19. The van der Waals surface area contributed by atoms with Gasteiger partial charge >= 0.3 is 0 Å². The highest BCUT2D eigenvalue weighted by Crippen LogP contribution is 2.23. The van der Waals surface area contributed by atoms with Crippen molar-refractivity contribution >= 4 is 22.6 Å². The van der Waals surface area contributed by atoms with Crippen LogP contribution in [0.3, 0.4) is 0 Å². The van der Waals surface area contributed by atoms with Crippen molar-refractivity contribution in [1.29, 1.82) is 0 Å². The molecule has 0 amide bonds. The van der Waals surface area contributed by atoms with E-state index in [-0.39, 0.29) is 6.04 Å². The Labute approximate surface area is 136 Å². The fourth-order valence-corrected chi connectivity index (χ4v) is 2.58. The maximum absolute atomic E-state index is 5.76. The van der Waals surface area contributed by atoms with Crippen molar-refractivity contribution in [3.8, 4) is 5.69 Å². The number of nitrogens with two attached hydrogens (primary N) is 1. The van der Waals surface area contributed by atoms with E-state index in [1.54, 1.807) is 10.9 Å². The van der Waals surface area contributed by atoms with Gasteiger partial charge in [0, 0.05) is 3.57 Å². The van der Waals surface area contributed by atoms with Crippen LogP contribution in [0, 0.1) is 3.57 Å². The van der Waals surface area contributed by atoms with Crippen LogP contribution in [0.15, 0.2) is 60.8 Å².